The smallest absolute Gasteiger partial charge is 0.231 e. The average molecular weight is 225 g/mol. The zero-order chi connectivity index (χ0) is 11.3. The van der Waals surface area contributed by atoms with E-state index in [-0.39, 0.29) is 5.91 Å². The molecule has 1 aromatic rings. The monoisotopic (exact) mass is 225 g/mol. The minimum Gasteiger partial charge on any atom is -0.274 e. The Bertz CT molecular complexity index is 359. The van der Waals surface area contributed by atoms with Crippen LogP contribution >= 0.6 is 0 Å². The molecule has 0 heterocycles. The van der Waals surface area contributed by atoms with Crippen molar-refractivity contribution in [3.63, 3.8) is 0 Å². The van der Waals surface area contributed by atoms with E-state index in [1.807, 2.05) is 26.0 Å². The first-order chi connectivity index (χ1) is 7.13. The van der Waals surface area contributed by atoms with Gasteiger partial charge in [-0.1, -0.05) is 24.6 Å². The zero-order valence-corrected chi connectivity index (χ0v) is 9.76. The van der Waals surface area contributed by atoms with Gasteiger partial charge >= 0.3 is 0 Å². The van der Waals surface area contributed by atoms with Gasteiger partial charge in [-0.25, -0.2) is 4.21 Å². The van der Waals surface area contributed by atoms with Crippen molar-refractivity contribution < 1.29 is 9.00 Å². The molecule has 1 amide bonds. The number of hydrogen-bond acceptors (Lipinski definition) is 2. The van der Waals surface area contributed by atoms with Gasteiger partial charge in [-0.2, -0.15) is 0 Å². The molecule has 1 atom stereocenters. The molecule has 3 nitrogen and oxygen atoms in total. The largest absolute Gasteiger partial charge is 0.274 e. The lowest BCUT2D eigenvalue weighted by Crippen LogP contribution is -2.25. The maximum absolute atomic E-state index is 11.6. The third kappa shape index (κ3) is 3.83. The van der Waals surface area contributed by atoms with Gasteiger partial charge in [0.1, 0.15) is 0 Å². The molecule has 0 fully saturated rings. The predicted octanol–water partition coefficient (Wildman–Crippen LogP) is 1.93. The van der Waals surface area contributed by atoms with E-state index in [2.05, 4.69) is 4.72 Å². The molecule has 1 aromatic carbocycles. The number of rotatable bonds is 4. The molecule has 1 N–H and O–H groups in total. The van der Waals surface area contributed by atoms with Gasteiger partial charge in [0.2, 0.25) is 5.91 Å². The lowest BCUT2D eigenvalue weighted by Gasteiger charge is -2.04. The number of benzene rings is 1. The SMILES string of the molecule is CCCC(=O)NS(=O)c1ccc(C)cc1. The Labute approximate surface area is 92.5 Å². The molecule has 0 aromatic heterocycles. The van der Waals surface area contributed by atoms with Gasteiger partial charge in [0.05, 0.1) is 4.90 Å². The van der Waals surface area contributed by atoms with Crippen LogP contribution in [-0.4, -0.2) is 10.1 Å². The summed E-state index contributed by atoms with van der Waals surface area (Å²) in [6, 6.07) is 7.27. The number of carbonyl (C=O) groups is 1. The van der Waals surface area contributed by atoms with Crippen LogP contribution in [0.25, 0.3) is 0 Å². The van der Waals surface area contributed by atoms with Crippen molar-refractivity contribution in [3.8, 4) is 0 Å². The highest BCUT2D eigenvalue weighted by Crippen LogP contribution is 2.06. The van der Waals surface area contributed by atoms with Gasteiger partial charge in [-0.05, 0) is 25.5 Å². The molecule has 1 unspecified atom stereocenters. The number of carbonyl (C=O) groups excluding carboxylic acids is 1. The zero-order valence-electron chi connectivity index (χ0n) is 8.95. The first-order valence-electron chi connectivity index (χ1n) is 4.91. The molecular weight excluding hydrogens is 210 g/mol. The number of aryl methyl sites for hydroxylation is 1. The van der Waals surface area contributed by atoms with E-state index in [0.29, 0.717) is 11.3 Å². The molecule has 0 saturated carbocycles. The molecule has 0 radical (unpaired) electrons. The summed E-state index contributed by atoms with van der Waals surface area (Å²) in [5.74, 6) is -0.170. The number of amides is 1. The highest BCUT2D eigenvalue weighted by atomic mass is 32.2. The second kappa shape index (κ2) is 5.66. The number of hydrogen-bond donors (Lipinski definition) is 1. The highest BCUT2D eigenvalue weighted by Gasteiger charge is 2.06. The quantitative estimate of drug-likeness (QED) is 0.851. The van der Waals surface area contributed by atoms with Crippen molar-refractivity contribution in [1.82, 2.24) is 4.72 Å². The van der Waals surface area contributed by atoms with E-state index < -0.39 is 11.0 Å². The molecule has 0 bridgehead atoms. The van der Waals surface area contributed by atoms with Crippen LogP contribution < -0.4 is 4.72 Å². The second-order valence-electron chi connectivity index (χ2n) is 3.36. The molecule has 0 aliphatic heterocycles. The van der Waals surface area contributed by atoms with Crippen LogP contribution in [0.15, 0.2) is 29.2 Å². The van der Waals surface area contributed by atoms with Crippen LogP contribution in [0.2, 0.25) is 0 Å². The van der Waals surface area contributed by atoms with Gasteiger partial charge < -0.3 is 0 Å². The molecular formula is C11H15NO2S. The molecule has 82 valence electrons. The summed E-state index contributed by atoms with van der Waals surface area (Å²) in [5.41, 5.74) is 1.11. The maximum atomic E-state index is 11.6. The van der Waals surface area contributed by atoms with E-state index in [0.717, 1.165) is 12.0 Å². The van der Waals surface area contributed by atoms with Gasteiger partial charge in [0, 0.05) is 6.42 Å². The minimum absolute atomic E-state index is 0.170. The topological polar surface area (TPSA) is 46.2 Å². The second-order valence-corrected chi connectivity index (χ2v) is 4.57. The standard InChI is InChI=1S/C11H15NO2S/c1-3-4-11(13)12-15(14)10-7-5-9(2)6-8-10/h5-8H,3-4H2,1-2H3,(H,12,13). The Hall–Kier alpha value is -1.16. The Kier molecular flexibility index (Phi) is 4.49. The first kappa shape index (κ1) is 11.9. The Morgan fingerprint density at radius 2 is 1.93 bits per heavy atom. The van der Waals surface area contributed by atoms with Crippen molar-refractivity contribution in [3.05, 3.63) is 29.8 Å². The van der Waals surface area contributed by atoms with E-state index in [4.69, 9.17) is 0 Å². The van der Waals surface area contributed by atoms with E-state index in [1.54, 1.807) is 12.1 Å². The van der Waals surface area contributed by atoms with Crippen molar-refractivity contribution in [1.29, 1.82) is 0 Å². The minimum atomic E-state index is -1.42. The normalized spacial score (nSPS) is 12.1. The predicted molar refractivity (Wildman–Crippen MR) is 60.6 cm³/mol. The van der Waals surface area contributed by atoms with Gasteiger partial charge in [-0.3, -0.25) is 9.52 Å². The fraction of sp³-hybridized carbons (Fsp3) is 0.364. The summed E-state index contributed by atoms with van der Waals surface area (Å²) in [7, 11) is -1.42. The summed E-state index contributed by atoms with van der Waals surface area (Å²) >= 11 is 0. The maximum Gasteiger partial charge on any atom is 0.231 e. The molecule has 15 heavy (non-hydrogen) atoms. The van der Waals surface area contributed by atoms with Crippen LogP contribution in [0.5, 0.6) is 0 Å². The molecule has 4 heteroatoms. The van der Waals surface area contributed by atoms with E-state index in [1.165, 1.54) is 0 Å². The fourth-order valence-electron chi connectivity index (χ4n) is 1.10. The Morgan fingerprint density at radius 3 is 2.47 bits per heavy atom. The summed E-state index contributed by atoms with van der Waals surface area (Å²) < 4.78 is 14.1. The van der Waals surface area contributed by atoms with E-state index >= 15 is 0 Å². The molecule has 0 aliphatic carbocycles. The fourth-order valence-corrected chi connectivity index (χ4v) is 1.91. The van der Waals surface area contributed by atoms with Gasteiger partial charge in [0.15, 0.2) is 11.0 Å². The van der Waals surface area contributed by atoms with Crippen molar-refractivity contribution >= 4 is 16.9 Å². The van der Waals surface area contributed by atoms with Crippen LogP contribution in [-0.2, 0) is 15.8 Å². The highest BCUT2D eigenvalue weighted by molar-refractivity contribution is 7.83. The summed E-state index contributed by atoms with van der Waals surface area (Å²) in [5, 5.41) is 0. The van der Waals surface area contributed by atoms with E-state index in [9.17, 15) is 9.00 Å². The third-order valence-corrected chi connectivity index (χ3v) is 3.03. The summed E-state index contributed by atoms with van der Waals surface area (Å²) in [6.07, 6.45) is 1.18. The first-order valence-corrected chi connectivity index (χ1v) is 6.06. The molecule has 1 rings (SSSR count). The Morgan fingerprint density at radius 1 is 1.33 bits per heavy atom. The van der Waals surface area contributed by atoms with Gasteiger partial charge in [0.25, 0.3) is 0 Å². The lowest BCUT2D eigenvalue weighted by molar-refractivity contribution is -0.119. The third-order valence-electron chi connectivity index (χ3n) is 1.92. The number of nitrogens with one attached hydrogen (secondary N) is 1. The molecule has 0 saturated heterocycles. The van der Waals surface area contributed by atoms with Crippen LogP contribution in [0, 0.1) is 6.92 Å². The summed E-state index contributed by atoms with van der Waals surface area (Å²) in [6.45, 7) is 3.87. The Balaban J connectivity index is 2.61. The average Bonchev–Trinajstić information content (AvgIpc) is 2.18. The van der Waals surface area contributed by atoms with Crippen LogP contribution in [0.3, 0.4) is 0 Å². The van der Waals surface area contributed by atoms with Crippen LogP contribution in [0.1, 0.15) is 25.3 Å². The summed E-state index contributed by atoms with van der Waals surface area (Å²) in [4.78, 5) is 11.8. The molecule has 0 spiro atoms. The van der Waals surface area contributed by atoms with Crippen molar-refractivity contribution in [2.75, 3.05) is 0 Å². The lowest BCUT2D eigenvalue weighted by atomic mass is 10.2. The van der Waals surface area contributed by atoms with Crippen molar-refractivity contribution in [2.45, 2.75) is 31.6 Å². The van der Waals surface area contributed by atoms with Crippen molar-refractivity contribution in [2.24, 2.45) is 0 Å². The molecule has 0 aliphatic rings. The van der Waals surface area contributed by atoms with Gasteiger partial charge in [-0.15, -0.1) is 0 Å². The van der Waals surface area contributed by atoms with Crippen LogP contribution in [0.4, 0.5) is 0 Å².